The summed E-state index contributed by atoms with van der Waals surface area (Å²) in [5, 5.41) is 20.2. The molecule has 1 N–H and O–H groups in total. The summed E-state index contributed by atoms with van der Waals surface area (Å²) in [6, 6.07) is 4.68. The third-order valence-corrected chi connectivity index (χ3v) is 3.71. The predicted molar refractivity (Wildman–Crippen MR) is 75.8 cm³/mol. The molecule has 0 radical (unpaired) electrons. The zero-order valence-corrected chi connectivity index (χ0v) is 11.6. The van der Waals surface area contributed by atoms with Crippen molar-refractivity contribution in [3.05, 3.63) is 33.9 Å². The number of nitro benzene ring substituents is 1. The van der Waals surface area contributed by atoms with Crippen LogP contribution >= 0.6 is 0 Å². The molecular weight excluding hydrogens is 260 g/mol. The van der Waals surface area contributed by atoms with Crippen molar-refractivity contribution in [3.8, 4) is 0 Å². The summed E-state index contributed by atoms with van der Waals surface area (Å²) in [6.07, 6.45) is 2.20. The number of anilines is 1. The highest BCUT2D eigenvalue weighted by Crippen LogP contribution is 2.29. The van der Waals surface area contributed by atoms with Crippen molar-refractivity contribution in [3.63, 3.8) is 0 Å². The quantitative estimate of drug-likeness (QED) is 0.659. The molecule has 1 aromatic rings. The molecule has 1 unspecified atom stereocenters. The minimum absolute atomic E-state index is 0.0169. The number of hydrogen-bond acceptors (Lipinski definition) is 5. The lowest BCUT2D eigenvalue weighted by atomic mass is 9.97. The SMILES string of the molecule is COCC1CCCN(c2ccc([N+](=O)[O-])cc2CO)C1. The molecule has 1 heterocycles. The van der Waals surface area contributed by atoms with Crippen LogP contribution in [0.5, 0.6) is 0 Å². The molecule has 20 heavy (non-hydrogen) atoms. The number of nitrogens with zero attached hydrogens (tertiary/aromatic N) is 2. The Morgan fingerprint density at radius 1 is 1.55 bits per heavy atom. The highest BCUT2D eigenvalue weighted by molar-refractivity contribution is 5.58. The predicted octanol–water partition coefficient (Wildman–Crippen LogP) is 1.95. The molecule has 2 rings (SSSR count). The molecule has 1 saturated heterocycles. The first-order valence-corrected chi connectivity index (χ1v) is 6.77. The van der Waals surface area contributed by atoms with Gasteiger partial charge in [0.05, 0.1) is 18.1 Å². The minimum atomic E-state index is -0.438. The van der Waals surface area contributed by atoms with Crippen molar-refractivity contribution in [1.29, 1.82) is 0 Å². The van der Waals surface area contributed by atoms with E-state index in [2.05, 4.69) is 4.90 Å². The van der Waals surface area contributed by atoms with Crippen LogP contribution < -0.4 is 4.90 Å². The van der Waals surface area contributed by atoms with E-state index in [1.807, 2.05) is 0 Å². The summed E-state index contributed by atoms with van der Waals surface area (Å²) >= 11 is 0. The number of nitro groups is 1. The number of hydrogen-bond donors (Lipinski definition) is 1. The third kappa shape index (κ3) is 3.26. The molecule has 1 aliphatic heterocycles. The van der Waals surface area contributed by atoms with Gasteiger partial charge in [-0.1, -0.05) is 0 Å². The number of ether oxygens (including phenoxy) is 1. The van der Waals surface area contributed by atoms with Gasteiger partial charge in [0.25, 0.3) is 5.69 Å². The number of rotatable bonds is 5. The van der Waals surface area contributed by atoms with Crippen LogP contribution in [-0.2, 0) is 11.3 Å². The van der Waals surface area contributed by atoms with E-state index in [1.165, 1.54) is 12.1 Å². The number of piperidine rings is 1. The average Bonchev–Trinajstić information content (AvgIpc) is 2.47. The third-order valence-electron chi connectivity index (χ3n) is 3.71. The van der Waals surface area contributed by atoms with E-state index in [0.29, 0.717) is 11.5 Å². The maximum Gasteiger partial charge on any atom is 0.269 e. The van der Waals surface area contributed by atoms with Crippen LogP contribution in [0.3, 0.4) is 0 Å². The second kappa shape index (κ2) is 6.67. The fraction of sp³-hybridized carbons (Fsp3) is 0.571. The average molecular weight is 280 g/mol. The smallest absolute Gasteiger partial charge is 0.269 e. The molecule has 0 aliphatic carbocycles. The van der Waals surface area contributed by atoms with Crippen molar-refractivity contribution in [2.45, 2.75) is 19.4 Å². The first kappa shape index (κ1) is 14.7. The summed E-state index contributed by atoms with van der Waals surface area (Å²) < 4.78 is 5.21. The van der Waals surface area contributed by atoms with Crippen LogP contribution in [0.1, 0.15) is 18.4 Å². The summed E-state index contributed by atoms with van der Waals surface area (Å²) in [5.74, 6) is 0.468. The van der Waals surface area contributed by atoms with E-state index < -0.39 is 4.92 Å². The largest absolute Gasteiger partial charge is 0.392 e. The Labute approximate surface area is 118 Å². The van der Waals surface area contributed by atoms with Gasteiger partial charge in [0.15, 0.2) is 0 Å². The lowest BCUT2D eigenvalue weighted by Gasteiger charge is -2.35. The molecule has 1 atom stereocenters. The Morgan fingerprint density at radius 3 is 3.00 bits per heavy atom. The maximum atomic E-state index is 10.8. The van der Waals surface area contributed by atoms with Crippen LogP contribution in [0.2, 0.25) is 0 Å². The highest BCUT2D eigenvalue weighted by Gasteiger charge is 2.22. The molecule has 1 fully saturated rings. The second-order valence-electron chi connectivity index (χ2n) is 5.14. The molecule has 6 heteroatoms. The lowest BCUT2D eigenvalue weighted by molar-refractivity contribution is -0.384. The number of non-ortho nitro benzene ring substituents is 1. The van der Waals surface area contributed by atoms with Gasteiger partial charge in [-0.15, -0.1) is 0 Å². The zero-order chi connectivity index (χ0) is 14.5. The van der Waals surface area contributed by atoms with Crippen molar-refractivity contribution >= 4 is 11.4 Å². The van der Waals surface area contributed by atoms with Gasteiger partial charge in [0, 0.05) is 43.6 Å². The standard InChI is InChI=1S/C14H20N2O4/c1-20-10-11-3-2-6-15(8-11)14-5-4-13(16(18)19)7-12(14)9-17/h4-5,7,11,17H,2-3,6,8-10H2,1H3. The summed E-state index contributed by atoms with van der Waals surface area (Å²) in [4.78, 5) is 12.5. The first-order chi connectivity index (χ1) is 9.65. The molecule has 0 spiro atoms. The molecule has 0 amide bonds. The number of aliphatic hydroxyl groups is 1. The summed E-state index contributed by atoms with van der Waals surface area (Å²) in [5.41, 5.74) is 1.51. The minimum Gasteiger partial charge on any atom is -0.392 e. The van der Waals surface area contributed by atoms with Crippen LogP contribution in [0.4, 0.5) is 11.4 Å². The van der Waals surface area contributed by atoms with Crippen LogP contribution in [-0.4, -0.2) is 36.8 Å². The van der Waals surface area contributed by atoms with Gasteiger partial charge in [-0.05, 0) is 24.8 Å². The first-order valence-electron chi connectivity index (χ1n) is 6.77. The number of aliphatic hydroxyl groups excluding tert-OH is 1. The van der Waals surface area contributed by atoms with E-state index in [4.69, 9.17) is 4.74 Å². The highest BCUT2D eigenvalue weighted by atomic mass is 16.6. The van der Waals surface area contributed by atoms with Crippen LogP contribution in [0.25, 0.3) is 0 Å². The van der Waals surface area contributed by atoms with Gasteiger partial charge in [-0.3, -0.25) is 10.1 Å². The van der Waals surface area contributed by atoms with E-state index in [0.717, 1.165) is 38.2 Å². The van der Waals surface area contributed by atoms with Gasteiger partial charge >= 0.3 is 0 Å². The number of benzene rings is 1. The molecule has 1 aromatic carbocycles. The van der Waals surface area contributed by atoms with Crippen molar-refractivity contribution in [2.24, 2.45) is 5.92 Å². The Kier molecular flexibility index (Phi) is 4.92. The monoisotopic (exact) mass is 280 g/mol. The van der Waals surface area contributed by atoms with Crippen LogP contribution in [0.15, 0.2) is 18.2 Å². The summed E-state index contributed by atoms with van der Waals surface area (Å²) in [6.45, 7) is 2.30. The van der Waals surface area contributed by atoms with Crippen molar-refractivity contribution < 1.29 is 14.8 Å². The molecule has 0 aromatic heterocycles. The maximum absolute atomic E-state index is 10.8. The van der Waals surface area contributed by atoms with E-state index in [-0.39, 0.29) is 12.3 Å². The lowest BCUT2D eigenvalue weighted by Crippen LogP contribution is -2.37. The van der Waals surface area contributed by atoms with E-state index in [1.54, 1.807) is 13.2 Å². The Morgan fingerprint density at radius 2 is 2.35 bits per heavy atom. The summed E-state index contributed by atoms with van der Waals surface area (Å²) in [7, 11) is 1.70. The van der Waals surface area contributed by atoms with E-state index in [9.17, 15) is 15.2 Å². The van der Waals surface area contributed by atoms with Gasteiger partial charge in [0.2, 0.25) is 0 Å². The fourth-order valence-electron chi connectivity index (χ4n) is 2.78. The van der Waals surface area contributed by atoms with Gasteiger partial charge < -0.3 is 14.7 Å². The van der Waals surface area contributed by atoms with E-state index >= 15 is 0 Å². The normalized spacial score (nSPS) is 19.1. The molecule has 1 aliphatic rings. The Bertz CT molecular complexity index is 476. The fourth-order valence-corrected chi connectivity index (χ4v) is 2.78. The molecule has 0 bridgehead atoms. The molecule has 6 nitrogen and oxygen atoms in total. The topological polar surface area (TPSA) is 75.8 Å². The zero-order valence-electron chi connectivity index (χ0n) is 11.6. The van der Waals surface area contributed by atoms with Crippen molar-refractivity contribution in [1.82, 2.24) is 0 Å². The molecule has 110 valence electrons. The molecular formula is C14H20N2O4. The number of methoxy groups -OCH3 is 1. The van der Waals surface area contributed by atoms with Crippen LogP contribution in [0, 0.1) is 16.0 Å². The Balaban J connectivity index is 2.20. The molecule has 0 saturated carbocycles. The Hall–Kier alpha value is -1.66. The van der Waals surface area contributed by atoms with Gasteiger partial charge in [-0.2, -0.15) is 0 Å². The van der Waals surface area contributed by atoms with Gasteiger partial charge in [-0.25, -0.2) is 0 Å². The van der Waals surface area contributed by atoms with Crippen molar-refractivity contribution in [2.75, 3.05) is 31.7 Å². The second-order valence-corrected chi connectivity index (χ2v) is 5.14. The van der Waals surface area contributed by atoms with Gasteiger partial charge in [0.1, 0.15) is 0 Å².